The Bertz CT molecular complexity index is 514. The number of carbonyl (C=O) groups is 1. The fourth-order valence-electron chi connectivity index (χ4n) is 2.54. The fraction of sp³-hybridized carbons (Fsp3) is 0.588. The van der Waals surface area contributed by atoms with E-state index in [9.17, 15) is 4.79 Å². The molecule has 1 aliphatic heterocycles. The summed E-state index contributed by atoms with van der Waals surface area (Å²) in [6.07, 6.45) is 0.392. The van der Waals surface area contributed by atoms with Gasteiger partial charge in [-0.15, -0.1) is 12.4 Å². The lowest BCUT2D eigenvalue weighted by Crippen LogP contribution is -2.40. The molecule has 1 fully saturated rings. The van der Waals surface area contributed by atoms with E-state index >= 15 is 0 Å². The normalized spacial score (nSPS) is 19.5. The van der Waals surface area contributed by atoms with Crippen LogP contribution in [0, 0.1) is 0 Å². The van der Waals surface area contributed by atoms with Crippen LogP contribution in [0.2, 0.25) is 0 Å². The van der Waals surface area contributed by atoms with Gasteiger partial charge in [0.15, 0.2) is 6.10 Å². The Morgan fingerprint density at radius 2 is 2.09 bits per heavy atom. The summed E-state index contributed by atoms with van der Waals surface area (Å²) in [5.41, 5.74) is 7.11. The predicted molar refractivity (Wildman–Crippen MR) is 91.7 cm³/mol. The molecule has 22 heavy (non-hydrogen) atoms. The molecule has 1 aliphatic rings. The van der Waals surface area contributed by atoms with Gasteiger partial charge < -0.3 is 15.4 Å². The Kier molecular flexibility index (Phi) is 6.27. The van der Waals surface area contributed by atoms with Crippen LogP contribution in [-0.2, 0) is 10.2 Å². The van der Waals surface area contributed by atoms with Crippen molar-refractivity contribution in [3.8, 4) is 5.75 Å². The van der Waals surface area contributed by atoms with Crippen LogP contribution in [-0.4, -0.2) is 36.0 Å². The molecule has 1 unspecified atom stereocenters. The number of ether oxygens (including phenoxy) is 1. The minimum Gasteiger partial charge on any atom is -0.481 e. The van der Waals surface area contributed by atoms with Crippen molar-refractivity contribution >= 4 is 18.3 Å². The summed E-state index contributed by atoms with van der Waals surface area (Å²) in [5.74, 6) is 0.760. The number of carbonyl (C=O) groups excluding carboxylic acids is 1. The molecule has 1 aromatic carbocycles. The lowest BCUT2D eigenvalue weighted by molar-refractivity contribution is -0.136. The SMILES string of the molecule is CC(Oc1cccc(C(C)(C)C)c1)C(=O)N1CC[C@@H](N)C1.Cl. The van der Waals surface area contributed by atoms with Crippen molar-refractivity contribution in [2.45, 2.75) is 51.7 Å². The topological polar surface area (TPSA) is 55.6 Å². The summed E-state index contributed by atoms with van der Waals surface area (Å²) < 4.78 is 5.83. The number of nitrogens with zero attached hydrogens (tertiary/aromatic N) is 1. The zero-order valence-corrected chi connectivity index (χ0v) is 14.7. The Hall–Kier alpha value is -1.26. The van der Waals surface area contributed by atoms with Gasteiger partial charge in [0.1, 0.15) is 5.75 Å². The van der Waals surface area contributed by atoms with Crippen LogP contribution < -0.4 is 10.5 Å². The lowest BCUT2D eigenvalue weighted by atomic mass is 9.87. The Balaban J connectivity index is 0.00000242. The maximum atomic E-state index is 12.3. The standard InChI is InChI=1S/C17H26N2O2.ClH/c1-12(16(20)19-9-8-14(18)11-19)21-15-7-5-6-13(10-15)17(2,3)4;/h5-7,10,12,14H,8-9,11,18H2,1-4H3;1H/t12?,14-;/m1./s1. The van der Waals surface area contributed by atoms with Crippen LogP contribution in [0.25, 0.3) is 0 Å². The average Bonchev–Trinajstić information content (AvgIpc) is 2.84. The van der Waals surface area contributed by atoms with E-state index in [2.05, 4.69) is 26.8 Å². The Labute approximate surface area is 139 Å². The minimum absolute atomic E-state index is 0. The van der Waals surface area contributed by atoms with Crippen molar-refractivity contribution in [1.29, 1.82) is 0 Å². The molecule has 0 aromatic heterocycles. The summed E-state index contributed by atoms with van der Waals surface area (Å²) in [7, 11) is 0. The summed E-state index contributed by atoms with van der Waals surface area (Å²) in [4.78, 5) is 14.1. The molecule has 0 aliphatic carbocycles. The molecule has 5 heteroatoms. The average molecular weight is 327 g/mol. The van der Waals surface area contributed by atoms with E-state index in [0.717, 1.165) is 18.7 Å². The van der Waals surface area contributed by atoms with Gasteiger partial charge in [-0.1, -0.05) is 32.9 Å². The molecular formula is C17H27ClN2O2. The highest BCUT2D eigenvalue weighted by atomic mass is 35.5. The molecule has 124 valence electrons. The molecule has 0 saturated carbocycles. The maximum absolute atomic E-state index is 12.3. The van der Waals surface area contributed by atoms with Crippen molar-refractivity contribution in [1.82, 2.24) is 4.90 Å². The molecule has 2 atom stereocenters. The Morgan fingerprint density at radius 3 is 2.64 bits per heavy atom. The monoisotopic (exact) mass is 326 g/mol. The van der Waals surface area contributed by atoms with E-state index in [1.807, 2.05) is 18.2 Å². The molecular weight excluding hydrogens is 300 g/mol. The fourth-order valence-corrected chi connectivity index (χ4v) is 2.54. The van der Waals surface area contributed by atoms with E-state index in [1.54, 1.807) is 11.8 Å². The number of hydrogen-bond acceptors (Lipinski definition) is 3. The van der Waals surface area contributed by atoms with E-state index in [0.29, 0.717) is 6.54 Å². The number of benzene rings is 1. The molecule has 4 nitrogen and oxygen atoms in total. The third kappa shape index (κ3) is 4.62. The van der Waals surface area contributed by atoms with Crippen molar-refractivity contribution < 1.29 is 9.53 Å². The quantitative estimate of drug-likeness (QED) is 0.929. The van der Waals surface area contributed by atoms with E-state index in [-0.39, 0.29) is 29.8 Å². The van der Waals surface area contributed by atoms with Gasteiger partial charge in [-0.2, -0.15) is 0 Å². The molecule has 1 saturated heterocycles. The first-order chi connectivity index (χ1) is 9.77. The van der Waals surface area contributed by atoms with Crippen LogP contribution in [0.3, 0.4) is 0 Å². The second-order valence-electron chi connectivity index (χ2n) is 6.87. The van der Waals surface area contributed by atoms with Crippen molar-refractivity contribution in [2.24, 2.45) is 5.73 Å². The second-order valence-corrected chi connectivity index (χ2v) is 6.87. The van der Waals surface area contributed by atoms with Gasteiger partial charge in [-0.25, -0.2) is 0 Å². The van der Waals surface area contributed by atoms with Gasteiger partial charge in [-0.05, 0) is 36.5 Å². The van der Waals surface area contributed by atoms with Gasteiger partial charge in [0, 0.05) is 19.1 Å². The number of halogens is 1. The molecule has 1 heterocycles. The first-order valence-corrected chi connectivity index (χ1v) is 7.59. The maximum Gasteiger partial charge on any atom is 0.263 e. The number of amides is 1. The highest BCUT2D eigenvalue weighted by Gasteiger charge is 2.28. The molecule has 0 bridgehead atoms. The first-order valence-electron chi connectivity index (χ1n) is 7.59. The zero-order valence-electron chi connectivity index (χ0n) is 13.8. The van der Waals surface area contributed by atoms with Crippen molar-refractivity contribution in [3.05, 3.63) is 29.8 Å². The van der Waals surface area contributed by atoms with E-state index < -0.39 is 6.10 Å². The summed E-state index contributed by atoms with van der Waals surface area (Å²) >= 11 is 0. The summed E-state index contributed by atoms with van der Waals surface area (Å²) in [5, 5.41) is 0. The summed E-state index contributed by atoms with van der Waals surface area (Å²) in [6, 6.07) is 8.07. The highest BCUT2D eigenvalue weighted by Crippen LogP contribution is 2.26. The third-order valence-corrected chi connectivity index (χ3v) is 3.90. The number of rotatable bonds is 3. The van der Waals surface area contributed by atoms with Crippen LogP contribution in [0.5, 0.6) is 5.75 Å². The van der Waals surface area contributed by atoms with Gasteiger partial charge in [0.2, 0.25) is 0 Å². The summed E-state index contributed by atoms with van der Waals surface area (Å²) in [6.45, 7) is 9.64. The minimum atomic E-state index is -0.481. The van der Waals surface area contributed by atoms with Gasteiger partial charge in [0.25, 0.3) is 5.91 Å². The van der Waals surface area contributed by atoms with Gasteiger partial charge in [-0.3, -0.25) is 4.79 Å². The lowest BCUT2D eigenvalue weighted by Gasteiger charge is -2.23. The molecule has 1 amide bonds. The molecule has 2 rings (SSSR count). The Morgan fingerprint density at radius 1 is 1.41 bits per heavy atom. The molecule has 0 radical (unpaired) electrons. The van der Waals surface area contributed by atoms with Crippen LogP contribution in [0.1, 0.15) is 39.7 Å². The second kappa shape index (κ2) is 7.34. The van der Waals surface area contributed by atoms with Crippen molar-refractivity contribution in [2.75, 3.05) is 13.1 Å². The molecule has 0 spiro atoms. The highest BCUT2D eigenvalue weighted by molar-refractivity contribution is 5.85. The number of likely N-dealkylation sites (tertiary alicyclic amines) is 1. The van der Waals surface area contributed by atoms with Crippen molar-refractivity contribution in [3.63, 3.8) is 0 Å². The van der Waals surface area contributed by atoms with Crippen LogP contribution in [0.15, 0.2) is 24.3 Å². The number of nitrogens with two attached hydrogens (primary N) is 1. The van der Waals surface area contributed by atoms with Crippen LogP contribution in [0.4, 0.5) is 0 Å². The molecule has 1 aromatic rings. The predicted octanol–water partition coefficient (Wildman–Crippen LogP) is 2.73. The number of hydrogen-bond donors (Lipinski definition) is 1. The third-order valence-electron chi connectivity index (χ3n) is 3.90. The first kappa shape index (κ1) is 18.8. The van der Waals surface area contributed by atoms with Gasteiger partial charge in [0.05, 0.1) is 0 Å². The largest absolute Gasteiger partial charge is 0.481 e. The van der Waals surface area contributed by atoms with Gasteiger partial charge >= 0.3 is 0 Å². The van der Waals surface area contributed by atoms with E-state index in [4.69, 9.17) is 10.5 Å². The van der Waals surface area contributed by atoms with Crippen LogP contribution >= 0.6 is 12.4 Å². The van der Waals surface area contributed by atoms with E-state index in [1.165, 1.54) is 5.56 Å². The smallest absolute Gasteiger partial charge is 0.263 e. The molecule has 2 N–H and O–H groups in total. The zero-order chi connectivity index (χ0) is 15.6.